The van der Waals surface area contributed by atoms with E-state index in [0.29, 0.717) is 12.5 Å². The van der Waals surface area contributed by atoms with Gasteiger partial charge in [0.05, 0.1) is 6.61 Å². The van der Waals surface area contributed by atoms with Gasteiger partial charge in [0.2, 0.25) is 0 Å². The molecule has 1 aliphatic carbocycles. The summed E-state index contributed by atoms with van der Waals surface area (Å²) in [6.45, 7) is 4.17. The zero-order chi connectivity index (χ0) is 17.3. The fourth-order valence-electron chi connectivity index (χ4n) is 2.45. The van der Waals surface area contributed by atoms with Gasteiger partial charge < -0.3 is 4.74 Å². The second-order valence-electron chi connectivity index (χ2n) is 5.98. The number of hydrogen-bond donors (Lipinski definition) is 0. The minimum Gasteiger partial charge on any atom is -0.462 e. The lowest BCUT2D eigenvalue weighted by molar-refractivity contribution is 0.0522. The van der Waals surface area contributed by atoms with Crippen LogP contribution in [0.3, 0.4) is 0 Å². The Kier molecular flexibility index (Phi) is 4.33. The maximum absolute atomic E-state index is 12.7. The van der Waals surface area contributed by atoms with Crippen LogP contribution in [0.5, 0.6) is 0 Å². The van der Waals surface area contributed by atoms with Gasteiger partial charge in [-0.05, 0) is 44.2 Å². The molecule has 1 saturated carbocycles. The number of aryl methyl sites for hydroxylation is 1. The third-order valence-electron chi connectivity index (χ3n) is 3.93. The standard InChI is InChI=1S/C17H19N3O4/c1-3-24-16(22)13-10-19(9-12-5-6-12)17(23)20(15(13)21)14-7-4-11(2)8-18-14/h4,7-8,10,12H,3,5-6,9H2,1-2H3. The van der Waals surface area contributed by atoms with Gasteiger partial charge in [0.25, 0.3) is 5.56 Å². The highest BCUT2D eigenvalue weighted by Crippen LogP contribution is 2.30. The number of rotatable bonds is 5. The topological polar surface area (TPSA) is 83.2 Å². The van der Waals surface area contributed by atoms with Crippen LogP contribution in [0.4, 0.5) is 0 Å². The summed E-state index contributed by atoms with van der Waals surface area (Å²) >= 11 is 0. The summed E-state index contributed by atoms with van der Waals surface area (Å²) in [6.07, 6.45) is 4.97. The number of carbonyl (C=O) groups is 1. The second kappa shape index (κ2) is 6.43. The van der Waals surface area contributed by atoms with Crippen LogP contribution >= 0.6 is 0 Å². The molecule has 0 aliphatic heterocycles. The molecule has 0 atom stereocenters. The lowest BCUT2D eigenvalue weighted by Gasteiger charge is -2.12. The molecule has 0 saturated heterocycles. The number of nitrogens with zero attached hydrogens (tertiary/aromatic N) is 3. The number of esters is 1. The van der Waals surface area contributed by atoms with Gasteiger partial charge >= 0.3 is 11.7 Å². The van der Waals surface area contributed by atoms with E-state index in [2.05, 4.69) is 4.98 Å². The van der Waals surface area contributed by atoms with Crippen LogP contribution < -0.4 is 11.2 Å². The molecule has 0 radical (unpaired) electrons. The molecule has 1 aliphatic rings. The molecule has 3 rings (SSSR count). The minimum atomic E-state index is -0.729. The normalized spacial score (nSPS) is 13.8. The van der Waals surface area contributed by atoms with Gasteiger partial charge in [-0.1, -0.05) is 6.07 Å². The van der Waals surface area contributed by atoms with Crippen molar-refractivity contribution < 1.29 is 9.53 Å². The van der Waals surface area contributed by atoms with Gasteiger partial charge in [-0.25, -0.2) is 19.1 Å². The fraction of sp³-hybridized carbons (Fsp3) is 0.412. The molecular weight excluding hydrogens is 310 g/mol. The Labute approximate surface area is 138 Å². The van der Waals surface area contributed by atoms with E-state index in [1.807, 2.05) is 6.92 Å². The highest BCUT2D eigenvalue weighted by Gasteiger charge is 2.25. The highest BCUT2D eigenvalue weighted by atomic mass is 16.5. The smallest absolute Gasteiger partial charge is 0.345 e. The van der Waals surface area contributed by atoms with Gasteiger partial charge in [-0.2, -0.15) is 0 Å². The molecule has 7 heteroatoms. The van der Waals surface area contributed by atoms with Crippen LogP contribution in [-0.2, 0) is 11.3 Å². The first-order valence-electron chi connectivity index (χ1n) is 7.98. The summed E-state index contributed by atoms with van der Waals surface area (Å²) < 4.78 is 7.29. The quantitative estimate of drug-likeness (QED) is 0.772. The Morgan fingerprint density at radius 1 is 1.33 bits per heavy atom. The predicted octanol–water partition coefficient (Wildman–Crippen LogP) is 1.29. The van der Waals surface area contributed by atoms with Gasteiger partial charge in [0.15, 0.2) is 0 Å². The zero-order valence-corrected chi connectivity index (χ0v) is 13.7. The molecule has 1 fully saturated rings. The van der Waals surface area contributed by atoms with Crippen LogP contribution in [0.1, 0.15) is 35.7 Å². The monoisotopic (exact) mass is 329 g/mol. The Morgan fingerprint density at radius 2 is 2.08 bits per heavy atom. The molecule has 126 valence electrons. The molecular formula is C17H19N3O4. The van der Waals surface area contributed by atoms with Crippen molar-refractivity contribution in [3.63, 3.8) is 0 Å². The molecule has 2 heterocycles. The van der Waals surface area contributed by atoms with Crippen LogP contribution in [0.25, 0.3) is 5.82 Å². The van der Waals surface area contributed by atoms with E-state index in [4.69, 9.17) is 4.74 Å². The van der Waals surface area contributed by atoms with Gasteiger partial charge in [0, 0.05) is 18.9 Å². The van der Waals surface area contributed by atoms with Gasteiger partial charge in [-0.15, -0.1) is 0 Å². The van der Waals surface area contributed by atoms with Crippen LogP contribution in [0, 0.1) is 12.8 Å². The number of ether oxygens (including phenoxy) is 1. The third-order valence-corrected chi connectivity index (χ3v) is 3.93. The van der Waals surface area contributed by atoms with E-state index in [1.165, 1.54) is 10.8 Å². The average Bonchev–Trinajstić information content (AvgIpc) is 3.36. The van der Waals surface area contributed by atoms with Crippen molar-refractivity contribution in [1.82, 2.24) is 14.1 Å². The summed E-state index contributed by atoms with van der Waals surface area (Å²) in [5.74, 6) is -0.117. The van der Waals surface area contributed by atoms with Crippen molar-refractivity contribution in [2.24, 2.45) is 5.92 Å². The van der Waals surface area contributed by atoms with Crippen LogP contribution in [0.15, 0.2) is 34.1 Å². The van der Waals surface area contributed by atoms with E-state index in [1.54, 1.807) is 25.3 Å². The maximum Gasteiger partial charge on any atom is 0.345 e. The first kappa shape index (κ1) is 16.2. The van der Waals surface area contributed by atoms with Crippen molar-refractivity contribution in [2.75, 3.05) is 6.61 Å². The van der Waals surface area contributed by atoms with Gasteiger partial charge in [-0.3, -0.25) is 9.36 Å². The molecule has 0 N–H and O–H groups in total. The Morgan fingerprint density at radius 3 is 2.67 bits per heavy atom. The Bertz CT molecular complexity index is 876. The van der Waals surface area contributed by atoms with Crippen molar-refractivity contribution in [3.8, 4) is 5.82 Å². The molecule has 0 unspecified atom stereocenters. The molecule has 0 bridgehead atoms. The number of carbonyl (C=O) groups excluding carboxylic acids is 1. The Hall–Kier alpha value is -2.70. The van der Waals surface area contributed by atoms with E-state index in [-0.39, 0.29) is 18.0 Å². The van der Waals surface area contributed by atoms with Crippen LogP contribution in [0.2, 0.25) is 0 Å². The van der Waals surface area contributed by atoms with Crippen molar-refractivity contribution >= 4 is 5.97 Å². The maximum atomic E-state index is 12.7. The van der Waals surface area contributed by atoms with E-state index < -0.39 is 17.2 Å². The lowest BCUT2D eigenvalue weighted by Crippen LogP contribution is -2.42. The number of aromatic nitrogens is 3. The zero-order valence-electron chi connectivity index (χ0n) is 13.7. The molecule has 0 aromatic carbocycles. The molecule has 7 nitrogen and oxygen atoms in total. The highest BCUT2D eigenvalue weighted by molar-refractivity contribution is 5.88. The number of pyridine rings is 1. The lowest BCUT2D eigenvalue weighted by atomic mass is 10.3. The Balaban J connectivity index is 2.19. The van der Waals surface area contributed by atoms with Gasteiger partial charge in [0.1, 0.15) is 11.4 Å². The molecule has 0 spiro atoms. The van der Waals surface area contributed by atoms with Crippen molar-refractivity contribution in [2.45, 2.75) is 33.2 Å². The molecule has 2 aromatic heterocycles. The second-order valence-corrected chi connectivity index (χ2v) is 5.98. The van der Waals surface area contributed by atoms with E-state index in [9.17, 15) is 14.4 Å². The predicted molar refractivity (Wildman–Crippen MR) is 87.5 cm³/mol. The third kappa shape index (κ3) is 3.15. The number of hydrogen-bond acceptors (Lipinski definition) is 5. The van der Waals surface area contributed by atoms with Crippen LogP contribution in [-0.4, -0.2) is 26.7 Å². The molecule has 2 aromatic rings. The van der Waals surface area contributed by atoms with E-state index in [0.717, 1.165) is 23.0 Å². The summed E-state index contributed by atoms with van der Waals surface area (Å²) in [6, 6.07) is 3.35. The molecule has 24 heavy (non-hydrogen) atoms. The first-order chi connectivity index (χ1) is 11.5. The summed E-state index contributed by atoms with van der Waals surface area (Å²) in [5, 5.41) is 0. The first-order valence-corrected chi connectivity index (χ1v) is 7.98. The fourth-order valence-corrected chi connectivity index (χ4v) is 2.45. The van der Waals surface area contributed by atoms with Crippen molar-refractivity contribution in [1.29, 1.82) is 0 Å². The molecule has 0 amide bonds. The largest absolute Gasteiger partial charge is 0.462 e. The minimum absolute atomic E-state index is 0.153. The van der Waals surface area contributed by atoms with Crippen molar-refractivity contribution in [3.05, 3.63) is 56.5 Å². The summed E-state index contributed by atoms with van der Waals surface area (Å²) in [7, 11) is 0. The average molecular weight is 329 g/mol. The summed E-state index contributed by atoms with van der Waals surface area (Å²) in [4.78, 5) is 41.6. The van der Waals surface area contributed by atoms with E-state index >= 15 is 0 Å². The SMILES string of the molecule is CCOC(=O)c1cn(CC2CC2)c(=O)n(-c2ccc(C)cn2)c1=O. The summed E-state index contributed by atoms with van der Waals surface area (Å²) in [5.41, 5.74) is -0.440.